The van der Waals surface area contributed by atoms with Crippen LogP contribution in [0.4, 0.5) is 0 Å². The number of sulfonamides is 1. The van der Waals surface area contributed by atoms with Crippen LogP contribution in [0.1, 0.15) is 32.3 Å². The van der Waals surface area contributed by atoms with E-state index >= 15 is 0 Å². The van der Waals surface area contributed by atoms with Gasteiger partial charge in [0.1, 0.15) is 0 Å². The van der Waals surface area contributed by atoms with E-state index in [1.54, 1.807) is 13.8 Å². The Labute approximate surface area is 120 Å². The Kier molecular flexibility index (Phi) is 5.71. The highest BCUT2D eigenvalue weighted by Gasteiger charge is 2.25. The van der Waals surface area contributed by atoms with Crippen molar-refractivity contribution in [2.24, 2.45) is 0 Å². The average Bonchev–Trinajstić information content (AvgIpc) is 2.34. The van der Waals surface area contributed by atoms with Crippen molar-refractivity contribution in [1.29, 1.82) is 0 Å². The first kappa shape index (κ1) is 16.7. The molecule has 1 aromatic carbocycles. The predicted octanol–water partition coefficient (Wildman–Crippen LogP) is 1.79. The molecule has 20 heavy (non-hydrogen) atoms. The minimum atomic E-state index is -3.43. The monoisotopic (exact) mass is 299 g/mol. The zero-order valence-corrected chi connectivity index (χ0v) is 12.6. The summed E-state index contributed by atoms with van der Waals surface area (Å²) in [4.78, 5) is 10.5. The number of rotatable bonds is 8. The summed E-state index contributed by atoms with van der Waals surface area (Å²) in [6.45, 7) is 3.38. The zero-order chi connectivity index (χ0) is 15.2. The van der Waals surface area contributed by atoms with Crippen LogP contribution in [0.3, 0.4) is 0 Å². The molecule has 6 heteroatoms. The van der Waals surface area contributed by atoms with Gasteiger partial charge < -0.3 is 5.11 Å². The molecule has 0 spiro atoms. The van der Waals surface area contributed by atoms with Gasteiger partial charge in [0.15, 0.2) is 0 Å². The fourth-order valence-corrected chi connectivity index (χ4v) is 3.39. The van der Waals surface area contributed by atoms with Crippen LogP contribution in [-0.4, -0.2) is 30.8 Å². The van der Waals surface area contributed by atoms with Crippen molar-refractivity contribution in [3.05, 3.63) is 35.9 Å². The van der Waals surface area contributed by atoms with Gasteiger partial charge in [-0.15, -0.1) is 0 Å². The highest BCUT2D eigenvalue weighted by atomic mass is 32.2. The number of carboxylic acid groups (broad SMARTS) is 1. The maximum absolute atomic E-state index is 12.0. The molecular weight excluding hydrogens is 278 g/mol. The molecule has 0 amide bonds. The highest BCUT2D eigenvalue weighted by molar-refractivity contribution is 7.89. The van der Waals surface area contributed by atoms with Gasteiger partial charge >= 0.3 is 5.97 Å². The smallest absolute Gasteiger partial charge is 0.303 e. The van der Waals surface area contributed by atoms with E-state index < -0.39 is 21.5 Å². The molecule has 1 rings (SSSR count). The van der Waals surface area contributed by atoms with E-state index in [2.05, 4.69) is 4.72 Å². The molecule has 0 heterocycles. The minimum absolute atomic E-state index is 0.00643. The number of carboxylic acids is 1. The van der Waals surface area contributed by atoms with E-state index in [0.29, 0.717) is 6.42 Å². The molecule has 1 aromatic rings. The van der Waals surface area contributed by atoms with Crippen molar-refractivity contribution >= 4 is 16.0 Å². The summed E-state index contributed by atoms with van der Waals surface area (Å²) in [5.41, 5.74) is 0.203. The largest absolute Gasteiger partial charge is 0.481 e. The summed E-state index contributed by atoms with van der Waals surface area (Å²) in [5.74, 6) is -0.936. The van der Waals surface area contributed by atoms with E-state index in [9.17, 15) is 13.2 Å². The molecule has 0 saturated heterocycles. The molecule has 0 aromatic heterocycles. The number of benzene rings is 1. The average molecular weight is 299 g/mol. The predicted molar refractivity (Wildman–Crippen MR) is 78.0 cm³/mol. The first-order chi connectivity index (χ1) is 9.20. The minimum Gasteiger partial charge on any atom is -0.481 e. The van der Waals surface area contributed by atoms with Crippen LogP contribution in [0.25, 0.3) is 0 Å². The van der Waals surface area contributed by atoms with Crippen molar-refractivity contribution in [3.8, 4) is 0 Å². The summed E-state index contributed by atoms with van der Waals surface area (Å²) >= 11 is 0. The molecule has 0 bridgehead atoms. The van der Waals surface area contributed by atoms with Crippen molar-refractivity contribution in [2.75, 3.05) is 5.75 Å². The normalized spacial score (nSPS) is 12.3. The molecule has 112 valence electrons. The molecule has 0 fully saturated rings. The van der Waals surface area contributed by atoms with Crippen molar-refractivity contribution in [1.82, 2.24) is 4.72 Å². The van der Waals surface area contributed by atoms with Gasteiger partial charge in [0.2, 0.25) is 10.0 Å². The Morgan fingerprint density at radius 1 is 1.25 bits per heavy atom. The van der Waals surface area contributed by atoms with E-state index in [-0.39, 0.29) is 18.6 Å². The lowest BCUT2D eigenvalue weighted by Crippen LogP contribution is -2.44. The van der Waals surface area contributed by atoms with Crippen LogP contribution < -0.4 is 4.72 Å². The Balaban J connectivity index is 2.54. The van der Waals surface area contributed by atoms with E-state index in [0.717, 1.165) is 5.56 Å². The lowest BCUT2D eigenvalue weighted by molar-refractivity contribution is -0.137. The van der Waals surface area contributed by atoms with Crippen molar-refractivity contribution < 1.29 is 18.3 Å². The number of hydrogen-bond donors (Lipinski definition) is 2. The second-order valence-corrected chi connectivity index (χ2v) is 7.28. The van der Waals surface area contributed by atoms with Crippen LogP contribution in [0.15, 0.2) is 30.3 Å². The summed E-state index contributed by atoms with van der Waals surface area (Å²) in [6.07, 6.45) is 0.631. The summed E-state index contributed by atoms with van der Waals surface area (Å²) in [5, 5.41) is 8.65. The van der Waals surface area contributed by atoms with Gasteiger partial charge in [-0.05, 0) is 32.3 Å². The zero-order valence-electron chi connectivity index (χ0n) is 11.8. The van der Waals surface area contributed by atoms with Crippen LogP contribution in [-0.2, 0) is 21.2 Å². The first-order valence-corrected chi connectivity index (χ1v) is 8.13. The van der Waals surface area contributed by atoms with Gasteiger partial charge in [0.05, 0.1) is 5.75 Å². The van der Waals surface area contributed by atoms with Crippen molar-refractivity contribution in [3.63, 3.8) is 0 Å². The van der Waals surface area contributed by atoms with E-state index in [1.165, 1.54) is 0 Å². The summed E-state index contributed by atoms with van der Waals surface area (Å²) < 4.78 is 26.6. The standard InChI is InChI=1S/C14H21NO4S/c1-14(2,10-8-13(16)17)15-20(18,19)11-9-12-6-4-3-5-7-12/h3-7,15H,8-11H2,1-2H3,(H,16,17). The molecule has 0 aliphatic carbocycles. The van der Waals surface area contributed by atoms with Crippen LogP contribution in [0, 0.1) is 0 Å². The highest BCUT2D eigenvalue weighted by Crippen LogP contribution is 2.13. The fraction of sp³-hybridized carbons (Fsp3) is 0.500. The number of nitrogens with one attached hydrogen (secondary N) is 1. The summed E-state index contributed by atoms with van der Waals surface area (Å²) in [7, 11) is -3.43. The van der Waals surface area contributed by atoms with Crippen LogP contribution >= 0.6 is 0 Å². The third-order valence-electron chi connectivity index (χ3n) is 2.90. The number of carbonyl (C=O) groups is 1. The molecule has 0 aliphatic rings. The molecule has 0 unspecified atom stereocenters. The Morgan fingerprint density at radius 3 is 2.40 bits per heavy atom. The van der Waals surface area contributed by atoms with Gasteiger partial charge in [0, 0.05) is 12.0 Å². The Hall–Kier alpha value is -1.40. The second kappa shape index (κ2) is 6.85. The first-order valence-electron chi connectivity index (χ1n) is 6.48. The molecule has 5 nitrogen and oxygen atoms in total. The molecule has 2 N–H and O–H groups in total. The Morgan fingerprint density at radius 2 is 1.85 bits per heavy atom. The number of aryl methyl sites for hydroxylation is 1. The quantitative estimate of drug-likeness (QED) is 0.766. The maximum atomic E-state index is 12.0. The van der Waals surface area contributed by atoms with Gasteiger partial charge in [-0.1, -0.05) is 30.3 Å². The SMILES string of the molecule is CC(C)(CCC(=O)O)NS(=O)(=O)CCc1ccccc1. The van der Waals surface area contributed by atoms with Crippen molar-refractivity contribution in [2.45, 2.75) is 38.6 Å². The lowest BCUT2D eigenvalue weighted by atomic mass is 10.0. The lowest BCUT2D eigenvalue weighted by Gasteiger charge is -2.25. The number of aliphatic carboxylic acids is 1. The second-order valence-electron chi connectivity index (χ2n) is 5.43. The summed E-state index contributed by atoms with van der Waals surface area (Å²) in [6, 6.07) is 9.37. The van der Waals surface area contributed by atoms with Gasteiger partial charge in [-0.3, -0.25) is 4.79 Å². The van der Waals surface area contributed by atoms with Crippen LogP contribution in [0.5, 0.6) is 0 Å². The van der Waals surface area contributed by atoms with Crippen LogP contribution in [0.2, 0.25) is 0 Å². The Bertz CT molecular complexity index is 538. The molecule has 0 radical (unpaired) electrons. The maximum Gasteiger partial charge on any atom is 0.303 e. The fourth-order valence-electron chi connectivity index (χ4n) is 1.84. The van der Waals surface area contributed by atoms with Gasteiger partial charge in [0.25, 0.3) is 0 Å². The number of hydrogen-bond acceptors (Lipinski definition) is 3. The molecular formula is C14H21NO4S. The third-order valence-corrected chi connectivity index (χ3v) is 4.50. The van der Waals surface area contributed by atoms with Gasteiger partial charge in [-0.25, -0.2) is 13.1 Å². The topological polar surface area (TPSA) is 83.5 Å². The van der Waals surface area contributed by atoms with Gasteiger partial charge in [-0.2, -0.15) is 0 Å². The molecule has 0 aliphatic heterocycles. The third kappa shape index (κ3) is 6.68. The van der Waals surface area contributed by atoms with E-state index in [1.807, 2.05) is 30.3 Å². The molecule has 0 atom stereocenters. The van der Waals surface area contributed by atoms with E-state index in [4.69, 9.17) is 5.11 Å². The molecule has 0 saturated carbocycles.